The molecule has 5 rings (SSSR count). The average Bonchev–Trinajstić information content (AvgIpc) is 3.27. The van der Waals surface area contributed by atoms with E-state index in [9.17, 15) is 22.8 Å². The number of imidazole rings is 1. The first-order chi connectivity index (χ1) is 19.9. The van der Waals surface area contributed by atoms with Gasteiger partial charge in [0.2, 0.25) is 0 Å². The third-order valence-electron chi connectivity index (χ3n) is 7.67. The van der Waals surface area contributed by atoms with Crippen molar-refractivity contribution in [3.05, 3.63) is 68.4 Å². The van der Waals surface area contributed by atoms with Crippen LogP contribution < -0.4 is 20.7 Å². The van der Waals surface area contributed by atoms with Crippen LogP contribution in [-0.2, 0) is 20.1 Å². The molecule has 0 N–H and O–H groups in total. The van der Waals surface area contributed by atoms with Gasteiger partial charge < -0.3 is 14.4 Å². The highest BCUT2D eigenvalue weighted by molar-refractivity contribution is 6.31. The summed E-state index contributed by atoms with van der Waals surface area (Å²) in [5.74, 6) is -0.556. The predicted molar refractivity (Wildman–Crippen MR) is 152 cm³/mol. The van der Waals surface area contributed by atoms with Crippen molar-refractivity contribution in [2.24, 2.45) is 18.9 Å². The number of alkyl halides is 3. The summed E-state index contributed by atoms with van der Waals surface area (Å²) in [6.45, 7) is 6.43. The summed E-state index contributed by atoms with van der Waals surface area (Å²) in [6, 6.07) is 4.99. The Morgan fingerprint density at radius 3 is 2.45 bits per heavy atom. The molecule has 2 unspecified atom stereocenters. The highest BCUT2D eigenvalue weighted by Gasteiger charge is 2.31. The number of allylic oxidation sites excluding steroid dienone is 4. The van der Waals surface area contributed by atoms with E-state index in [-0.39, 0.29) is 47.8 Å². The Morgan fingerprint density at radius 2 is 1.76 bits per heavy atom. The Morgan fingerprint density at radius 1 is 1.05 bits per heavy atom. The first-order valence-corrected chi connectivity index (χ1v) is 14.0. The van der Waals surface area contributed by atoms with Crippen LogP contribution in [0.15, 0.2) is 57.1 Å². The lowest BCUT2D eigenvalue weighted by atomic mass is 9.90. The fourth-order valence-corrected chi connectivity index (χ4v) is 5.48. The molecule has 3 heterocycles. The molecule has 0 bridgehead atoms. The number of hydrogen-bond acceptors (Lipinski definition) is 7. The molecule has 1 aliphatic heterocycles. The number of fused-ring (bicyclic) bond motifs is 1. The largest absolute Gasteiger partial charge is 0.573 e. The molecule has 2 atom stereocenters. The second-order valence-corrected chi connectivity index (χ2v) is 11.1. The minimum Gasteiger partial charge on any atom is -0.425 e. The van der Waals surface area contributed by atoms with Crippen molar-refractivity contribution in [3.8, 4) is 17.5 Å². The average molecular weight is 609 g/mol. The van der Waals surface area contributed by atoms with Gasteiger partial charge in [0, 0.05) is 69.9 Å². The number of halogens is 4. The van der Waals surface area contributed by atoms with E-state index >= 15 is 0 Å². The van der Waals surface area contributed by atoms with Crippen LogP contribution in [0.2, 0.25) is 0 Å². The van der Waals surface area contributed by atoms with E-state index in [1.54, 1.807) is 10.6 Å². The zero-order chi connectivity index (χ0) is 30.2. The molecule has 1 saturated heterocycles. The van der Waals surface area contributed by atoms with Gasteiger partial charge in [-0.25, -0.2) is 4.79 Å². The van der Waals surface area contributed by atoms with Gasteiger partial charge in [0.25, 0.3) is 5.56 Å². The van der Waals surface area contributed by atoms with Crippen LogP contribution >= 0.6 is 11.6 Å². The molecule has 0 amide bonds. The summed E-state index contributed by atoms with van der Waals surface area (Å²) in [5.41, 5.74) is -0.757. The fraction of sp³-hybridized carbons (Fsp3) is 0.464. The normalized spacial score (nSPS) is 20.2. The third-order valence-corrected chi connectivity index (χ3v) is 7.93. The van der Waals surface area contributed by atoms with Crippen molar-refractivity contribution in [1.82, 2.24) is 28.5 Å². The maximum atomic E-state index is 13.9. The zero-order valence-corrected chi connectivity index (χ0v) is 24.2. The van der Waals surface area contributed by atoms with Gasteiger partial charge in [-0.3, -0.25) is 23.4 Å². The molecule has 0 radical (unpaired) electrons. The molecule has 0 saturated carbocycles. The van der Waals surface area contributed by atoms with Gasteiger partial charge in [-0.1, -0.05) is 36.7 Å². The Bertz CT molecular complexity index is 1640. The molecule has 1 fully saturated rings. The lowest BCUT2D eigenvalue weighted by Crippen LogP contribution is -2.47. The quantitative estimate of drug-likeness (QED) is 0.385. The van der Waals surface area contributed by atoms with E-state index in [4.69, 9.17) is 16.3 Å². The van der Waals surface area contributed by atoms with E-state index in [1.807, 2.05) is 19.1 Å². The molecule has 2 aromatic heterocycles. The highest BCUT2D eigenvalue weighted by atomic mass is 35.5. The summed E-state index contributed by atoms with van der Waals surface area (Å²) >= 11 is 6.18. The fourth-order valence-electron chi connectivity index (χ4n) is 5.21. The van der Waals surface area contributed by atoms with Crippen molar-refractivity contribution >= 4 is 22.8 Å². The Labute approximate surface area is 244 Å². The van der Waals surface area contributed by atoms with Gasteiger partial charge in [0.1, 0.15) is 11.5 Å². The van der Waals surface area contributed by atoms with Gasteiger partial charge in [-0.15, -0.1) is 13.2 Å². The molecule has 1 aliphatic carbocycles. The SMILES string of the molecule is CC1C=C(Cl)C=CC1Cn1c(Oc2cccc(OC(F)(F)F)c2)nc2c1c(=O)n(CCN1CCN(C)CC1)c(=O)n2C. The number of rotatable bonds is 8. The molecule has 10 nitrogen and oxygen atoms in total. The van der Waals surface area contributed by atoms with Crippen molar-refractivity contribution in [3.63, 3.8) is 0 Å². The summed E-state index contributed by atoms with van der Waals surface area (Å²) in [6.07, 6.45) is 0.716. The van der Waals surface area contributed by atoms with Gasteiger partial charge >= 0.3 is 18.1 Å². The number of hydrogen-bond donors (Lipinski definition) is 0. The standard InChI is InChI=1S/C28H32ClF3N6O4/c1-18-15-20(29)8-7-19(18)17-38-23-24(33-26(38)41-21-5-4-6-22(16-21)42-28(30,31)32)35(3)27(40)37(25(23)39)14-13-36-11-9-34(2)10-12-36/h4-8,15-16,18-19H,9-14,17H2,1-3H3. The first kappa shape index (κ1) is 29.9. The maximum absolute atomic E-state index is 13.9. The zero-order valence-electron chi connectivity index (χ0n) is 23.5. The minimum absolute atomic E-state index is 0.00306. The molecule has 42 heavy (non-hydrogen) atoms. The van der Waals surface area contributed by atoms with E-state index in [1.165, 1.54) is 28.3 Å². The number of aromatic nitrogens is 4. The second kappa shape index (κ2) is 12.0. The molecule has 14 heteroatoms. The third kappa shape index (κ3) is 6.58. The summed E-state index contributed by atoms with van der Waals surface area (Å²) in [4.78, 5) is 36.1. The molecular weight excluding hydrogens is 577 g/mol. The van der Waals surface area contributed by atoms with E-state index in [0.717, 1.165) is 38.3 Å². The van der Waals surface area contributed by atoms with Crippen LogP contribution in [0.3, 0.4) is 0 Å². The van der Waals surface area contributed by atoms with E-state index in [0.29, 0.717) is 11.6 Å². The summed E-state index contributed by atoms with van der Waals surface area (Å²) < 4.78 is 52.5. The number of piperazine rings is 1. The first-order valence-electron chi connectivity index (χ1n) is 13.6. The van der Waals surface area contributed by atoms with E-state index in [2.05, 4.69) is 26.6 Å². The number of likely N-dealkylation sites (N-methyl/N-ethyl adjacent to an activating group) is 1. The van der Waals surface area contributed by atoms with Crippen molar-refractivity contribution in [2.45, 2.75) is 26.4 Å². The molecule has 2 aliphatic rings. The second-order valence-electron chi connectivity index (χ2n) is 10.7. The van der Waals surface area contributed by atoms with Crippen molar-refractivity contribution in [1.29, 1.82) is 0 Å². The highest BCUT2D eigenvalue weighted by Crippen LogP contribution is 2.32. The Kier molecular flexibility index (Phi) is 8.53. The molecule has 226 valence electrons. The minimum atomic E-state index is -4.88. The Hall–Kier alpha value is -3.55. The topological polar surface area (TPSA) is 86.8 Å². The number of ether oxygens (including phenoxy) is 2. The molecule has 0 spiro atoms. The molecule has 3 aromatic rings. The van der Waals surface area contributed by atoms with Gasteiger partial charge in [0.15, 0.2) is 11.2 Å². The summed E-state index contributed by atoms with van der Waals surface area (Å²) in [7, 11) is 3.58. The lowest BCUT2D eigenvalue weighted by molar-refractivity contribution is -0.274. The number of aryl methyl sites for hydroxylation is 1. The van der Waals surface area contributed by atoms with Crippen LogP contribution in [-0.4, -0.2) is 74.6 Å². The van der Waals surface area contributed by atoms with Crippen molar-refractivity contribution < 1.29 is 22.6 Å². The molecule has 1 aromatic carbocycles. The van der Waals surface area contributed by atoms with Gasteiger partial charge in [0.05, 0.1) is 0 Å². The monoisotopic (exact) mass is 608 g/mol. The summed E-state index contributed by atoms with van der Waals surface area (Å²) in [5, 5.41) is 0.598. The Balaban J connectivity index is 1.56. The number of nitrogens with zero attached hydrogens (tertiary/aromatic N) is 6. The van der Waals surface area contributed by atoms with E-state index < -0.39 is 23.4 Å². The van der Waals surface area contributed by atoms with Crippen LogP contribution in [0.25, 0.3) is 11.2 Å². The van der Waals surface area contributed by atoms with Crippen LogP contribution in [0.4, 0.5) is 13.2 Å². The van der Waals surface area contributed by atoms with Gasteiger partial charge in [-0.05, 0) is 31.2 Å². The van der Waals surface area contributed by atoms with Crippen molar-refractivity contribution in [2.75, 3.05) is 39.8 Å². The number of benzene rings is 1. The smallest absolute Gasteiger partial charge is 0.425 e. The van der Waals surface area contributed by atoms with Crippen LogP contribution in [0.1, 0.15) is 6.92 Å². The van der Waals surface area contributed by atoms with Gasteiger partial charge in [-0.2, -0.15) is 4.98 Å². The van der Waals surface area contributed by atoms with Crippen LogP contribution in [0, 0.1) is 11.8 Å². The lowest BCUT2D eigenvalue weighted by Gasteiger charge is -2.32. The maximum Gasteiger partial charge on any atom is 0.573 e. The molecular formula is C28H32ClF3N6O4. The predicted octanol–water partition coefficient (Wildman–Crippen LogP) is 3.78. The van der Waals surface area contributed by atoms with Crippen LogP contribution in [0.5, 0.6) is 17.5 Å².